The topological polar surface area (TPSA) is 44.9 Å². The van der Waals surface area contributed by atoms with Gasteiger partial charge in [-0.25, -0.2) is 0 Å². The first-order valence-corrected chi connectivity index (χ1v) is 8.49. The quantitative estimate of drug-likeness (QED) is 0.638. The molecule has 0 aliphatic carbocycles. The number of rotatable bonds is 3. The Morgan fingerprint density at radius 2 is 1.75 bits per heavy atom. The van der Waals surface area contributed by atoms with E-state index in [1.54, 1.807) is 0 Å². The summed E-state index contributed by atoms with van der Waals surface area (Å²) in [5, 5.41) is 0. The first-order valence-electron chi connectivity index (χ1n) is 8.49. The van der Waals surface area contributed by atoms with Crippen molar-refractivity contribution in [1.29, 1.82) is 0 Å². The molecular weight excluding hydrogens is 248 g/mol. The minimum Gasteiger partial charge on any atom is -0.370 e. The van der Waals surface area contributed by atoms with Gasteiger partial charge in [0.25, 0.3) is 0 Å². The van der Waals surface area contributed by atoms with Crippen LogP contribution >= 0.6 is 0 Å². The zero-order valence-corrected chi connectivity index (χ0v) is 13.4. The monoisotopic (exact) mass is 280 g/mol. The van der Waals surface area contributed by atoms with Gasteiger partial charge in [-0.05, 0) is 46.1 Å². The Kier molecular flexibility index (Phi) is 6.14. The largest absolute Gasteiger partial charge is 0.370 e. The van der Waals surface area contributed by atoms with Crippen molar-refractivity contribution in [3.8, 4) is 0 Å². The van der Waals surface area contributed by atoms with E-state index in [4.69, 9.17) is 5.73 Å². The Bertz CT molecular complexity index is 308. The Morgan fingerprint density at radius 3 is 2.40 bits per heavy atom. The van der Waals surface area contributed by atoms with Gasteiger partial charge >= 0.3 is 0 Å². The van der Waals surface area contributed by atoms with Gasteiger partial charge in [0.05, 0.1) is 6.54 Å². The summed E-state index contributed by atoms with van der Waals surface area (Å²) in [6, 6.07) is 1.21. The van der Waals surface area contributed by atoms with Crippen molar-refractivity contribution in [1.82, 2.24) is 9.80 Å². The van der Waals surface area contributed by atoms with Crippen LogP contribution in [0.2, 0.25) is 0 Å². The minimum atomic E-state index is 0.510. The van der Waals surface area contributed by atoms with Crippen molar-refractivity contribution in [2.45, 2.75) is 70.9 Å². The van der Waals surface area contributed by atoms with E-state index in [-0.39, 0.29) is 0 Å². The number of nitrogens with zero attached hydrogens (tertiary/aromatic N) is 3. The highest BCUT2D eigenvalue weighted by atomic mass is 15.3. The fraction of sp³-hybridized carbons (Fsp3) is 0.938. The predicted octanol–water partition coefficient (Wildman–Crippen LogP) is 2.44. The van der Waals surface area contributed by atoms with Crippen molar-refractivity contribution in [3.05, 3.63) is 0 Å². The SMILES string of the molecule is CC1CCCCN1C(C)CN=C(N)N1CCCCCC1. The molecular formula is C16H32N4. The Hall–Kier alpha value is -0.770. The number of likely N-dealkylation sites (tertiary alicyclic amines) is 2. The van der Waals surface area contributed by atoms with E-state index in [1.807, 2.05) is 0 Å². The van der Waals surface area contributed by atoms with Gasteiger partial charge in [-0.1, -0.05) is 19.3 Å². The summed E-state index contributed by atoms with van der Waals surface area (Å²) < 4.78 is 0. The van der Waals surface area contributed by atoms with E-state index in [1.165, 1.54) is 51.5 Å². The van der Waals surface area contributed by atoms with Crippen molar-refractivity contribution in [3.63, 3.8) is 0 Å². The maximum atomic E-state index is 6.19. The molecule has 0 aromatic carbocycles. The van der Waals surface area contributed by atoms with Crippen LogP contribution < -0.4 is 5.73 Å². The molecule has 0 saturated carbocycles. The van der Waals surface area contributed by atoms with Gasteiger partial charge in [0.15, 0.2) is 5.96 Å². The van der Waals surface area contributed by atoms with Crippen LogP contribution in [-0.2, 0) is 0 Å². The normalized spacial score (nSPS) is 28.2. The summed E-state index contributed by atoms with van der Waals surface area (Å²) >= 11 is 0. The highest BCUT2D eigenvalue weighted by Gasteiger charge is 2.23. The third-order valence-corrected chi connectivity index (χ3v) is 4.87. The minimum absolute atomic E-state index is 0.510. The number of nitrogens with two attached hydrogens (primary N) is 1. The molecule has 0 amide bonds. The standard InChI is InChI=1S/C16H32N4/c1-14-9-5-8-12-20(14)15(2)13-18-16(17)19-10-6-3-4-7-11-19/h14-15H,3-13H2,1-2H3,(H2,17,18). The van der Waals surface area contributed by atoms with E-state index < -0.39 is 0 Å². The molecule has 0 aromatic heterocycles. The average Bonchev–Trinajstić information content (AvgIpc) is 2.74. The molecule has 20 heavy (non-hydrogen) atoms. The van der Waals surface area contributed by atoms with Crippen LogP contribution in [0.25, 0.3) is 0 Å². The zero-order chi connectivity index (χ0) is 14.4. The van der Waals surface area contributed by atoms with Crippen LogP contribution in [0, 0.1) is 0 Å². The molecule has 2 saturated heterocycles. The molecule has 2 unspecified atom stereocenters. The smallest absolute Gasteiger partial charge is 0.191 e. The maximum absolute atomic E-state index is 6.19. The van der Waals surface area contributed by atoms with E-state index in [0.29, 0.717) is 12.1 Å². The Labute approximate surface area is 124 Å². The number of piperidine rings is 1. The first-order chi connectivity index (χ1) is 9.68. The van der Waals surface area contributed by atoms with Crippen LogP contribution in [0.5, 0.6) is 0 Å². The van der Waals surface area contributed by atoms with Crippen molar-refractivity contribution < 1.29 is 0 Å². The van der Waals surface area contributed by atoms with Crippen LogP contribution in [0.4, 0.5) is 0 Å². The molecule has 0 radical (unpaired) electrons. The molecule has 4 nitrogen and oxygen atoms in total. The molecule has 116 valence electrons. The van der Waals surface area contributed by atoms with Gasteiger partial charge in [0, 0.05) is 25.2 Å². The summed E-state index contributed by atoms with van der Waals surface area (Å²) in [7, 11) is 0. The highest BCUT2D eigenvalue weighted by Crippen LogP contribution is 2.19. The van der Waals surface area contributed by atoms with Crippen LogP contribution in [0.3, 0.4) is 0 Å². The van der Waals surface area contributed by atoms with E-state index in [0.717, 1.165) is 25.6 Å². The average molecular weight is 280 g/mol. The Morgan fingerprint density at radius 1 is 1.10 bits per heavy atom. The molecule has 0 spiro atoms. The van der Waals surface area contributed by atoms with Crippen molar-refractivity contribution in [2.24, 2.45) is 10.7 Å². The van der Waals surface area contributed by atoms with Crippen LogP contribution in [0.1, 0.15) is 58.8 Å². The summed E-state index contributed by atoms with van der Waals surface area (Å²) in [6.07, 6.45) is 9.24. The molecule has 2 N–H and O–H groups in total. The van der Waals surface area contributed by atoms with Gasteiger partial charge in [-0.15, -0.1) is 0 Å². The van der Waals surface area contributed by atoms with Crippen LogP contribution in [0.15, 0.2) is 4.99 Å². The molecule has 0 aromatic rings. The van der Waals surface area contributed by atoms with Gasteiger partial charge in [-0.2, -0.15) is 0 Å². The highest BCUT2D eigenvalue weighted by molar-refractivity contribution is 5.78. The molecule has 0 bridgehead atoms. The Balaban J connectivity index is 1.83. The van der Waals surface area contributed by atoms with E-state index in [9.17, 15) is 0 Å². The second-order valence-corrected chi connectivity index (χ2v) is 6.53. The first kappa shape index (κ1) is 15.6. The lowest BCUT2D eigenvalue weighted by atomic mass is 10.0. The molecule has 2 heterocycles. The predicted molar refractivity (Wildman–Crippen MR) is 86.0 cm³/mol. The lowest BCUT2D eigenvalue weighted by Crippen LogP contribution is -2.45. The van der Waals surface area contributed by atoms with Crippen LogP contribution in [-0.4, -0.2) is 54.0 Å². The van der Waals surface area contributed by atoms with Crippen molar-refractivity contribution >= 4 is 5.96 Å². The van der Waals surface area contributed by atoms with E-state index in [2.05, 4.69) is 28.6 Å². The van der Waals surface area contributed by atoms with Gasteiger partial charge in [0.1, 0.15) is 0 Å². The fourth-order valence-corrected chi connectivity index (χ4v) is 3.51. The molecule has 4 heteroatoms. The summed E-state index contributed by atoms with van der Waals surface area (Å²) in [5.41, 5.74) is 6.19. The molecule has 2 aliphatic heterocycles. The molecule has 2 atom stereocenters. The molecule has 2 aliphatic rings. The molecule has 2 fully saturated rings. The fourth-order valence-electron chi connectivity index (χ4n) is 3.51. The maximum Gasteiger partial charge on any atom is 0.191 e. The third kappa shape index (κ3) is 4.37. The van der Waals surface area contributed by atoms with Gasteiger partial charge in [-0.3, -0.25) is 9.89 Å². The summed E-state index contributed by atoms with van der Waals surface area (Å²) in [5.74, 6) is 0.767. The number of aliphatic imine (C=N–C) groups is 1. The summed E-state index contributed by atoms with van der Waals surface area (Å²) in [6.45, 7) is 8.88. The third-order valence-electron chi connectivity index (χ3n) is 4.87. The zero-order valence-electron chi connectivity index (χ0n) is 13.4. The van der Waals surface area contributed by atoms with Crippen molar-refractivity contribution in [2.75, 3.05) is 26.2 Å². The molecule has 2 rings (SSSR count). The lowest BCUT2D eigenvalue weighted by molar-refractivity contribution is 0.118. The number of guanidine groups is 1. The second-order valence-electron chi connectivity index (χ2n) is 6.53. The summed E-state index contributed by atoms with van der Waals surface area (Å²) in [4.78, 5) is 9.55. The number of hydrogen-bond donors (Lipinski definition) is 1. The second kappa shape index (κ2) is 7.87. The van der Waals surface area contributed by atoms with Gasteiger partial charge in [0.2, 0.25) is 0 Å². The lowest BCUT2D eigenvalue weighted by Gasteiger charge is -2.37. The number of hydrogen-bond acceptors (Lipinski definition) is 2. The van der Waals surface area contributed by atoms with E-state index >= 15 is 0 Å². The van der Waals surface area contributed by atoms with Gasteiger partial charge < -0.3 is 10.6 Å².